The molecule has 4 rings (SSSR count). The van der Waals surface area contributed by atoms with Crippen molar-refractivity contribution in [3.8, 4) is 5.75 Å². The first-order valence-corrected chi connectivity index (χ1v) is 14.5. The van der Waals surface area contributed by atoms with E-state index in [-0.39, 0.29) is 42.2 Å². The predicted octanol–water partition coefficient (Wildman–Crippen LogP) is 5.61. The second-order valence-corrected chi connectivity index (χ2v) is 11.3. The van der Waals surface area contributed by atoms with Gasteiger partial charge in [0.15, 0.2) is 11.6 Å². The van der Waals surface area contributed by atoms with E-state index in [0.717, 1.165) is 16.1 Å². The molecule has 0 aliphatic carbocycles. The van der Waals surface area contributed by atoms with Crippen LogP contribution in [0.25, 0.3) is 5.52 Å². The summed E-state index contributed by atoms with van der Waals surface area (Å²) in [6.07, 6.45) is -5.19. The average molecular weight is 650 g/mol. The van der Waals surface area contributed by atoms with Gasteiger partial charge >= 0.3 is 17.8 Å². The Bertz CT molecular complexity index is 1790. The van der Waals surface area contributed by atoms with Gasteiger partial charge in [0, 0.05) is 12.2 Å². The molecule has 0 saturated heterocycles. The second-order valence-electron chi connectivity index (χ2n) is 10.9. The van der Waals surface area contributed by atoms with Crippen molar-refractivity contribution < 1.29 is 31.9 Å². The smallest absolute Gasteiger partial charge is 0.416 e. The molecule has 2 aromatic heterocycles. The number of carbonyl (C=O) groups is 2. The third-order valence-electron chi connectivity index (χ3n) is 7.29. The Morgan fingerprint density at radius 1 is 1.11 bits per heavy atom. The number of aromatic nitrogens is 3. The maximum Gasteiger partial charge on any atom is 0.491 e. The number of aryl methyl sites for hydroxylation is 2. The quantitative estimate of drug-likeness (QED) is 0.136. The highest BCUT2D eigenvalue weighted by atomic mass is 35.5. The van der Waals surface area contributed by atoms with Gasteiger partial charge in [-0.2, -0.15) is 22.8 Å². The van der Waals surface area contributed by atoms with Gasteiger partial charge in [0.1, 0.15) is 0 Å². The number of ether oxygens (including phenoxy) is 1. The van der Waals surface area contributed by atoms with Crippen molar-refractivity contribution in [1.29, 1.82) is 0 Å². The summed E-state index contributed by atoms with van der Waals surface area (Å²) in [5.41, 5.74) is 6.31. The van der Waals surface area contributed by atoms with Crippen LogP contribution >= 0.6 is 11.6 Å². The molecule has 0 aliphatic heterocycles. The summed E-state index contributed by atoms with van der Waals surface area (Å²) in [7, 11) is 0. The Morgan fingerprint density at radius 3 is 2.38 bits per heavy atom. The zero-order valence-electron chi connectivity index (χ0n) is 25.0. The van der Waals surface area contributed by atoms with Crippen LogP contribution in [0.2, 0.25) is 5.02 Å². The Morgan fingerprint density at radius 2 is 1.78 bits per heavy atom. The molecule has 1 atom stereocenters. The number of amides is 1. The molecule has 240 valence electrons. The molecule has 0 aliphatic rings. The van der Waals surface area contributed by atoms with Gasteiger partial charge in [0.05, 0.1) is 34.4 Å². The highest BCUT2D eigenvalue weighted by Gasteiger charge is 2.43. The molecule has 0 radical (unpaired) electrons. The molecule has 9 nitrogen and oxygen atoms in total. The van der Waals surface area contributed by atoms with Gasteiger partial charge in [-0.1, -0.05) is 61.8 Å². The van der Waals surface area contributed by atoms with Crippen molar-refractivity contribution >= 4 is 29.0 Å². The summed E-state index contributed by atoms with van der Waals surface area (Å²) in [6, 6.07) is 12.1. The topological polar surface area (TPSA) is 112 Å². The van der Waals surface area contributed by atoms with Gasteiger partial charge in [-0.3, -0.25) is 9.36 Å². The van der Waals surface area contributed by atoms with Crippen LogP contribution < -0.4 is 16.2 Å². The fraction of sp³-hybridized carbons (Fsp3) is 0.355. The number of nitrogens with two attached hydrogens (primary N) is 1. The lowest BCUT2D eigenvalue weighted by molar-refractivity contribution is -0.189. The molecular formula is C31H32ClF4N5O4. The number of halogens is 5. The molecule has 2 N–H and O–H groups in total. The number of esters is 1. The molecule has 45 heavy (non-hydrogen) atoms. The second kappa shape index (κ2) is 13.4. The van der Waals surface area contributed by atoms with E-state index in [1.54, 1.807) is 39.0 Å². The van der Waals surface area contributed by atoms with Gasteiger partial charge in [-0.15, -0.1) is 0 Å². The van der Waals surface area contributed by atoms with Crippen LogP contribution in [-0.4, -0.2) is 50.2 Å². The molecule has 1 amide bonds. The highest BCUT2D eigenvalue weighted by Crippen LogP contribution is 2.36. The summed E-state index contributed by atoms with van der Waals surface area (Å²) >= 11 is 6.53. The lowest BCUT2D eigenvalue weighted by Gasteiger charge is -2.36. The van der Waals surface area contributed by atoms with Crippen molar-refractivity contribution in [2.24, 2.45) is 11.7 Å². The summed E-state index contributed by atoms with van der Waals surface area (Å²) in [5.74, 6) is -6.45. The molecule has 14 heteroatoms. The Hall–Kier alpha value is -4.23. The summed E-state index contributed by atoms with van der Waals surface area (Å²) in [5, 5.41) is 4.51. The van der Waals surface area contributed by atoms with E-state index < -0.39 is 52.8 Å². The molecule has 4 aromatic rings. The highest BCUT2D eigenvalue weighted by molar-refractivity contribution is 6.34. The SMILES string of the molecule is Cc1ccc(C(=O)N(CCCN)C(c2cc3c(Cl)c(C)nn3c(=O)n2Cc2ccccc2)C(C)C)c(OC(=O)C(F)(F)F)c1F. The first-order valence-electron chi connectivity index (χ1n) is 14.1. The van der Waals surface area contributed by atoms with Crippen LogP contribution in [0.1, 0.15) is 59.2 Å². The first kappa shape index (κ1) is 33.7. The van der Waals surface area contributed by atoms with Gasteiger partial charge in [0.25, 0.3) is 5.91 Å². The van der Waals surface area contributed by atoms with Crippen molar-refractivity contribution in [3.05, 3.63) is 97.9 Å². The third-order valence-corrected chi connectivity index (χ3v) is 7.76. The minimum atomic E-state index is -5.44. The van der Waals surface area contributed by atoms with Gasteiger partial charge in [-0.05, 0) is 56.0 Å². The van der Waals surface area contributed by atoms with Crippen LogP contribution in [0.4, 0.5) is 17.6 Å². The molecule has 2 aromatic carbocycles. The maximum atomic E-state index is 15.2. The van der Waals surface area contributed by atoms with E-state index in [9.17, 15) is 27.6 Å². The third kappa shape index (κ3) is 6.89. The van der Waals surface area contributed by atoms with E-state index in [0.29, 0.717) is 11.4 Å². The molecular weight excluding hydrogens is 618 g/mol. The number of carbonyl (C=O) groups excluding carboxylic acids is 2. The van der Waals surface area contributed by atoms with Crippen molar-refractivity contribution in [3.63, 3.8) is 0 Å². The standard InChI is InChI=1S/C31H32ClF4N5O4/c1-17(2)26(23-15-22-24(32)19(4)38-41(22)30(44)40(23)16-20-9-6-5-7-10-20)39(14-8-13-37)28(42)21-12-11-18(3)25(33)27(21)45-29(43)31(34,35)36/h5-7,9-12,15,17,26H,8,13-14,16,37H2,1-4H3. The number of hydrogen-bond acceptors (Lipinski definition) is 6. The van der Waals surface area contributed by atoms with E-state index in [4.69, 9.17) is 17.3 Å². The van der Waals surface area contributed by atoms with E-state index in [1.165, 1.54) is 22.5 Å². The lowest BCUT2D eigenvalue weighted by atomic mass is 9.96. The molecule has 0 saturated carbocycles. The monoisotopic (exact) mass is 649 g/mol. The summed E-state index contributed by atoms with van der Waals surface area (Å²) in [6.45, 7) is 6.66. The predicted molar refractivity (Wildman–Crippen MR) is 160 cm³/mol. The minimum absolute atomic E-state index is 0.0307. The first-order chi connectivity index (χ1) is 21.2. The number of alkyl halides is 3. The molecule has 1 unspecified atom stereocenters. The molecule has 0 fully saturated rings. The summed E-state index contributed by atoms with van der Waals surface area (Å²) < 4.78 is 61.7. The lowest BCUT2D eigenvalue weighted by Crippen LogP contribution is -2.43. The summed E-state index contributed by atoms with van der Waals surface area (Å²) in [4.78, 5) is 41.3. The average Bonchev–Trinajstić information content (AvgIpc) is 3.27. The van der Waals surface area contributed by atoms with Crippen LogP contribution in [0, 0.1) is 25.6 Å². The van der Waals surface area contributed by atoms with E-state index in [2.05, 4.69) is 9.84 Å². The molecule has 0 spiro atoms. The van der Waals surface area contributed by atoms with E-state index in [1.807, 2.05) is 18.2 Å². The Labute approximate surface area is 261 Å². The number of fused-ring (bicyclic) bond motifs is 1. The normalized spacial score (nSPS) is 12.5. The number of nitrogens with zero attached hydrogens (tertiary/aromatic N) is 4. The van der Waals surface area contributed by atoms with Crippen molar-refractivity contribution in [1.82, 2.24) is 19.1 Å². The van der Waals surface area contributed by atoms with Crippen LogP contribution in [-0.2, 0) is 11.3 Å². The fourth-order valence-electron chi connectivity index (χ4n) is 5.13. The van der Waals surface area contributed by atoms with Gasteiger partial charge in [-0.25, -0.2) is 14.0 Å². The number of benzene rings is 2. The van der Waals surface area contributed by atoms with Crippen molar-refractivity contribution in [2.75, 3.05) is 13.1 Å². The fourth-order valence-corrected chi connectivity index (χ4v) is 5.30. The maximum absolute atomic E-state index is 15.2. The van der Waals surface area contributed by atoms with E-state index >= 15 is 4.39 Å². The van der Waals surface area contributed by atoms with Crippen LogP contribution in [0.3, 0.4) is 0 Å². The number of hydrogen-bond donors (Lipinski definition) is 1. The van der Waals surface area contributed by atoms with Crippen LogP contribution in [0.15, 0.2) is 53.3 Å². The largest absolute Gasteiger partial charge is 0.491 e. The molecule has 0 bridgehead atoms. The number of rotatable bonds is 10. The Balaban J connectivity index is 1.96. The van der Waals surface area contributed by atoms with Gasteiger partial charge < -0.3 is 15.4 Å². The van der Waals surface area contributed by atoms with Gasteiger partial charge in [0.2, 0.25) is 0 Å². The zero-order valence-corrected chi connectivity index (χ0v) is 25.7. The zero-order chi connectivity index (χ0) is 33.2. The van der Waals surface area contributed by atoms with Crippen LogP contribution in [0.5, 0.6) is 5.75 Å². The van der Waals surface area contributed by atoms with Crippen molar-refractivity contribution in [2.45, 2.75) is 52.9 Å². The Kier molecular flexibility index (Phi) is 10.0. The minimum Gasteiger partial charge on any atom is -0.416 e. The molecule has 2 heterocycles.